The van der Waals surface area contributed by atoms with Crippen molar-refractivity contribution in [1.29, 1.82) is 0 Å². The lowest BCUT2D eigenvalue weighted by Gasteiger charge is -2.17. The van der Waals surface area contributed by atoms with E-state index < -0.39 is 0 Å². The molecule has 0 saturated carbocycles. The number of carbonyl (C=O) groups is 1. The van der Waals surface area contributed by atoms with Crippen LogP contribution >= 0.6 is 15.9 Å². The van der Waals surface area contributed by atoms with Crippen molar-refractivity contribution in [1.82, 2.24) is 4.57 Å². The molecule has 4 nitrogen and oxygen atoms in total. The summed E-state index contributed by atoms with van der Waals surface area (Å²) in [5.41, 5.74) is 6.64. The Kier molecular flexibility index (Phi) is 4.87. The highest BCUT2D eigenvalue weighted by Crippen LogP contribution is 2.39. The highest BCUT2D eigenvalue weighted by Gasteiger charge is 2.31. The minimum absolute atomic E-state index is 0.250. The van der Waals surface area contributed by atoms with E-state index in [4.69, 9.17) is 4.74 Å². The minimum Gasteiger partial charge on any atom is -0.462 e. The van der Waals surface area contributed by atoms with Crippen LogP contribution in [0, 0.1) is 0 Å². The summed E-state index contributed by atoms with van der Waals surface area (Å²) in [5.74, 6) is -0.250. The van der Waals surface area contributed by atoms with Gasteiger partial charge in [-0.15, -0.1) is 0 Å². The number of ether oxygens (including phenoxy) is 1. The Bertz CT molecular complexity index is 1010. The molecule has 27 heavy (non-hydrogen) atoms. The average Bonchev–Trinajstić information content (AvgIpc) is 2.93. The van der Waals surface area contributed by atoms with E-state index >= 15 is 0 Å². The minimum atomic E-state index is -0.250. The maximum Gasteiger partial charge on any atom is 0.341 e. The standard InChI is InChI=1S/C22H22BrN2O2/c1-3-27-22(26)19-18-10-9-16-14-25(13-15-7-5-4-6-8-15)12-11-17(16)20(18)24(2)21(19)23/h4-8,11-12,14H,3,9-10,13H2,1-2H3/q+1. The molecule has 2 heterocycles. The lowest BCUT2D eigenvalue weighted by atomic mass is 9.89. The van der Waals surface area contributed by atoms with Gasteiger partial charge in [0.05, 0.1) is 22.5 Å². The molecule has 1 aliphatic rings. The van der Waals surface area contributed by atoms with Crippen LogP contribution in [-0.2, 0) is 31.2 Å². The third-order valence-corrected chi connectivity index (χ3v) is 6.04. The number of esters is 1. The lowest BCUT2D eigenvalue weighted by Crippen LogP contribution is -2.34. The topological polar surface area (TPSA) is 35.1 Å². The Morgan fingerprint density at radius 3 is 2.74 bits per heavy atom. The number of aromatic nitrogens is 2. The molecule has 1 aliphatic carbocycles. The summed E-state index contributed by atoms with van der Waals surface area (Å²) in [6.07, 6.45) is 6.11. The van der Waals surface area contributed by atoms with Crippen molar-refractivity contribution >= 4 is 21.9 Å². The Morgan fingerprint density at radius 2 is 2.00 bits per heavy atom. The number of aryl methyl sites for hydroxylation is 1. The molecule has 138 valence electrons. The summed E-state index contributed by atoms with van der Waals surface area (Å²) >= 11 is 3.60. The van der Waals surface area contributed by atoms with Crippen molar-refractivity contribution in [3.63, 3.8) is 0 Å². The van der Waals surface area contributed by atoms with Crippen LogP contribution in [0.15, 0.2) is 53.4 Å². The fourth-order valence-corrected chi connectivity index (χ4v) is 4.46. The molecular weight excluding hydrogens is 404 g/mol. The van der Waals surface area contributed by atoms with Crippen LogP contribution in [0.2, 0.25) is 0 Å². The third-order valence-electron chi connectivity index (χ3n) is 5.11. The molecule has 0 bridgehead atoms. The number of fused-ring (bicyclic) bond motifs is 3. The maximum absolute atomic E-state index is 12.5. The molecular formula is C22H22BrN2O2+. The van der Waals surface area contributed by atoms with Gasteiger partial charge >= 0.3 is 5.97 Å². The average molecular weight is 426 g/mol. The molecule has 0 spiro atoms. The molecule has 3 aromatic rings. The first-order valence-electron chi connectivity index (χ1n) is 9.20. The number of halogens is 1. The van der Waals surface area contributed by atoms with Crippen LogP contribution in [0.1, 0.15) is 34.0 Å². The van der Waals surface area contributed by atoms with Gasteiger partial charge in [-0.05, 0) is 41.3 Å². The van der Waals surface area contributed by atoms with Gasteiger partial charge in [-0.1, -0.05) is 30.3 Å². The van der Waals surface area contributed by atoms with Crippen LogP contribution in [0.5, 0.6) is 0 Å². The fourth-order valence-electron chi connectivity index (χ4n) is 3.88. The summed E-state index contributed by atoms with van der Waals surface area (Å²) in [6.45, 7) is 3.07. The van der Waals surface area contributed by atoms with Gasteiger partial charge in [0.1, 0.15) is 0 Å². The monoisotopic (exact) mass is 425 g/mol. The molecule has 2 aromatic heterocycles. The summed E-state index contributed by atoms with van der Waals surface area (Å²) in [4.78, 5) is 12.5. The Hall–Kier alpha value is -2.40. The molecule has 0 unspecified atom stereocenters. The number of pyridine rings is 1. The second-order valence-corrected chi connectivity index (χ2v) is 7.57. The van der Waals surface area contributed by atoms with Crippen LogP contribution in [0.3, 0.4) is 0 Å². The van der Waals surface area contributed by atoms with Crippen LogP contribution in [0.25, 0.3) is 11.3 Å². The second-order valence-electron chi connectivity index (χ2n) is 6.81. The lowest BCUT2D eigenvalue weighted by molar-refractivity contribution is -0.688. The van der Waals surface area contributed by atoms with Gasteiger partial charge in [0.2, 0.25) is 0 Å². The summed E-state index contributed by atoms with van der Waals surface area (Å²) in [6, 6.07) is 12.6. The first-order valence-corrected chi connectivity index (χ1v) is 10.00. The summed E-state index contributed by atoms with van der Waals surface area (Å²) in [5, 5.41) is 0. The maximum atomic E-state index is 12.5. The van der Waals surface area contributed by atoms with Gasteiger partial charge in [0.15, 0.2) is 18.9 Å². The van der Waals surface area contributed by atoms with E-state index in [1.807, 2.05) is 20.0 Å². The van der Waals surface area contributed by atoms with Crippen LogP contribution < -0.4 is 4.57 Å². The number of hydrogen-bond acceptors (Lipinski definition) is 2. The van der Waals surface area contributed by atoms with Gasteiger partial charge in [0.25, 0.3) is 0 Å². The zero-order valence-corrected chi connectivity index (χ0v) is 17.1. The molecule has 0 radical (unpaired) electrons. The van der Waals surface area contributed by atoms with Gasteiger partial charge < -0.3 is 9.30 Å². The molecule has 0 saturated heterocycles. The van der Waals surface area contributed by atoms with E-state index in [1.54, 1.807) is 0 Å². The van der Waals surface area contributed by atoms with Crippen LogP contribution in [-0.4, -0.2) is 17.1 Å². The first-order chi connectivity index (χ1) is 13.1. The van der Waals surface area contributed by atoms with Gasteiger partial charge in [-0.25, -0.2) is 9.36 Å². The molecule has 0 amide bonds. The normalized spacial score (nSPS) is 12.4. The predicted octanol–water partition coefficient (Wildman–Crippen LogP) is 4.07. The Balaban J connectivity index is 1.74. The number of benzene rings is 1. The molecule has 1 aromatic carbocycles. The fraction of sp³-hybridized carbons (Fsp3) is 0.273. The van der Waals surface area contributed by atoms with Gasteiger partial charge in [0, 0.05) is 29.8 Å². The molecule has 0 atom stereocenters. The van der Waals surface area contributed by atoms with Crippen LogP contribution in [0.4, 0.5) is 0 Å². The predicted molar refractivity (Wildman–Crippen MR) is 108 cm³/mol. The number of hydrogen-bond donors (Lipinski definition) is 0. The highest BCUT2D eigenvalue weighted by atomic mass is 79.9. The molecule has 5 heteroatoms. The van der Waals surface area contributed by atoms with E-state index in [0.29, 0.717) is 12.2 Å². The second kappa shape index (κ2) is 7.31. The van der Waals surface area contributed by atoms with E-state index in [-0.39, 0.29) is 5.97 Å². The van der Waals surface area contributed by atoms with Crippen molar-refractivity contribution in [2.24, 2.45) is 7.05 Å². The highest BCUT2D eigenvalue weighted by molar-refractivity contribution is 9.10. The van der Waals surface area contributed by atoms with Gasteiger partial charge in [-0.3, -0.25) is 0 Å². The van der Waals surface area contributed by atoms with E-state index in [2.05, 4.69) is 67.8 Å². The number of nitrogens with zero attached hydrogens (tertiary/aromatic N) is 2. The molecule has 4 rings (SSSR count). The first kappa shape index (κ1) is 18.0. The summed E-state index contributed by atoms with van der Waals surface area (Å²) < 4.78 is 10.3. The van der Waals surface area contributed by atoms with E-state index in [0.717, 1.165) is 35.2 Å². The van der Waals surface area contributed by atoms with Crippen molar-refractivity contribution in [2.75, 3.05) is 6.61 Å². The zero-order valence-electron chi connectivity index (χ0n) is 15.5. The number of carbonyl (C=O) groups excluding carboxylic acids is 1. The Labute approximate surface area is 167 Å². The quantitative estimate of drug-likeness (QED) is 0.466. The number of rotatable bonds is 4. The SMILES string of the molecule is CCOC(=O)c1c2c(n(C)c1Br)-c1cc[n+](Cc3ccccc3)cc1CC2. The van der Waals surface area contributed by atoms with Crippen molar-refractivity contribution in [3.8, 4) is 11.3 Å². The zero-order chi connectivity index (χ0) is 19.0. The Morgan fingerprint density at radius 1 is 1.22 bits per heavy atom. The molecule has 0 aliphatic heterocycles. The smallest absolute Gasteiger partial charge is 0.341 e. The third kappa shape index (κ3) is 3.21. The van der Waals surface area contributed by atoms with E-state index in [9.17, 15) is 4.79 Å². The summed E-state index contributed by atoms with van der Waals surface area (Å²) in [7, 11) is 1.99. The van der Waals surface area contributed by atoms with Crippen molar-refractivity contribution in [2.45, 2.75) is 26.3 Å². The van der Waals surface area contributed by atoms with E-state index in [1.165, 1.54) is 16.7 Å². The molecule has 0 N–H and O–H groups in total. The van der Waals surface area contributed by atoms with Crippen molar-refractivity contribution < 1.29 is 14.1 Å². The van der Waals surface area contributed by atoms with Crippen molar-refractivity contribution in [3.05, 3.63) is 75.6 Å². The van der Waals surface area contributed by atoms with Gasteiger partial charge in [-0.2, -0.15) is 0 Å². The molecule has 0 fully saturated rings. The largest absolute Gasteiger partial charge is 0.462 e.